The Kier molecular flexibility index (Phi) is 3.28. The minimum atomic E-state index is 0.360. The molecule has 3 aromatic rings. The average Bonchev–Trinajstić information content (AvgIpc) is 2.96. The highest BCUT2D eigenvalue weighted by molar-refractivity contribution is 5.77. The van der Waals surface area contributed by atoms with Gasteiger partial charge in [0.05, 0.1) is 5.52 Å². The van der Waals surface area contributed by atoms with Crippen LogP contribution in [0.3, 0.4) is 0 Å². The van der Waals surface area contributed by atoms with E-state index in [-0.39, 0.29) is 0 Å². The molecule has 1 aliphatic heterocycles. The third-order valence-electron chi connectivity index (χ3n) is 2.79. The summed E-state index contributed by atoms with van der Waals surface area (Å²) in [7, 11) is 0. The number of para-hydroxylation sites is 3. The molecule has 94 valence electrons. The first-order chi connectivity index (χ1) is 9.43. The summed E-state index contributed by atoms with van der Waals surface area (Å²) in [5.41, 5.74) is 1.06. The number of hydrogen-bond acceptors (Lipinski definition) is 3. The van der Waals surface area contributed by atoms with Crippen LogP contribution in [0.4, 0.5) is 0 Å². The smallest absolute Gasteiger partial charge is 0.231 e. The zero-order chi connectivity index (χ0) is 12.9. The zero-order valence-electron chi connectivity index (χ0n) is 10.3. The molecule has 3 nitrogen and oxygen atoms in total. The monoisotopic (exact) mass is 251 g/mol. The maximum absolute atomic E-state index is 5.08. The van der Waals surface area contributed by atoms with Crippen molar-refractivity contribution in [2.45, 2.75) is 0 Å². The van der Waals surface area contributed by atoms with Crippen LogP contribution in [0.5, 0.6) is 11.5 Å². The Balaban J connectivity index is 0.000000117. The van der Waals surface area contributed by atoms with Crippen LogP contribution in [-0.2, 0) is 0 Å². The second-order valence-corrected chi connectivity index (χ2v) is 4.05. The summed E-state index contributed by atoms with van der Waals surface area (Å²) in [5.74, 6) is 1.69. The van der Waals surface area contributed by atoms with Crippen molar-refractivity contribution in [3.63, 3.8) is 0 Å². The molecule has 0 spiro atoms. The highest BCUT2D eigenvalue weighted by Crippen LogP contribution is 2.30. The Morgan fingerprint density at radius 2 is 1.37 bits per heavy atom. The van der Waals surface area contributed by atoms with Gasteiger partial charge in [0.25, 0.3) is 0 Å². The minimum Gasteiger partial charge on any atom is -0.454 e. The molecule has 3 heteroatoms. The fourth-order valence-electron chi connectivity index (χ4n) is 1.86. The van der Waals surface area contributed by atoms with Gasteiger partial charge in [0.2, 0.25) is 6.79 Å². The van der Waals surface area contributed by atoms with Gasteiger partial charge in [-0.25, -0.2) is 0 Å². The summed E-state index contributed by atoms with van der Waals surface area (Å²) in [6.45, 7) is 0.360. The molecule has 19 heavy (non-hydrogen) atoms. The van der Waals surface area contributed by atoms with Gasteiger partial charge >= 0.3 is 0 Å². The number of benzene rings is 2. The lowest BCUT2D eigenvalue weighted by molar-refractivity contribution is 0.174. The van der Waals surface area contributed by atoms with Crippen molar-refractivity contribution in [1.29, 1.82) is 0 Å². The number of fused-ring (bicyclic) bond motifs is 2. The van der Waals surface area contributed by atoms with Gasteiger partial charge in [0.1, 0.15) is 0 Å². The van der Waals surface area contributed by atoms with E-state index < -0.39 is 0 Å². The molecule has 1 aliphatic rings. The lowest BCUT2D eigenvalue weighted by Gasteiger charge is -1.91. The second kappa shape index (κ2) is 5.40. The van der Waals surface area contributed by atoms with Gasteiger partial charge in [-0.2, -0.15) is 0 Å². The lowest BCUT2D eigenvalue weighted by atomic mass is 10.2. The molecule has 0 radical (unpaired) electrons. The first-order valence-electron chi connectivity index (χ1n) is 6.08. The average molecular weight is 251 g/mol. The van der Waals surface area contributed by atoms with E-state index in [4.69, 9.17) is 9.47 Å². The first-order valence-corrected chi connectivity index (χ1v) is 6.08. The highest BCUT2D eigenvalue weighted by atomic mass is 16.7. The van der Waals surface area contributed by atoms with Gasteiger partial charge in [-0.15, -0.1) is 0 Å². The van der Waals surface area contributed by atoms with E-state index in [0.717, 1.165) is 17.0 Å². The molecule has 0 saturated carbocycles. The number of aromatic nitrogens is 1. The van der Waals surface area contributed by atoms with E-state index >= 15 is 0 Å². The van der Waals surface area contributed by atoms with Crippen molar-refractivity contribution in [3.05, 3.63) is 66.9 Å². The number of hydrogen-bond donors (Lipinski definition) is 0. The van der Waals surface area contributed by atoms with Gasteiger partial charge in [0.15, 0.2) is 11.5 Å². The molecule has 2 aromatic carbocycles. The van der Waals surface area contributed by atoms with E-state index in [1.807, 2.05) is 54.7 Å². The van der Waals surface area contributed by atoms with Crippen LogP contribution in [0.2, 0.25) is 0 Å². The summed E-state index contributed by atoms with van der Waals surface area (Å²) in [6.07, 6.45) is 1.81. The van der Waals surface area contributed by atoms with E-state index in [1.54, 1.807) is 0 Å². The fourth-order valence-corrected chi connectivity index (χ4v) is 1.86. The van der Waals surface area contributed by atoms with E-state index in [9.17, 15) is 0 Å². The van der Waals surface area contributed by atoms with Gasteiger partial charge < -0.3 is 9.47 Å². The van der Waals surface area contributed by atoms with Crippen LogP contribution in [0.25, 0.3) is 10.9 Å². The Morgan fingerprint density at radius 1 is 0.737 bits per heavy atom. The number of rotatable bonds is 0. The summed E-state index contributed by atoms with van der Waals surface area (Å²) in [4.78, 5) is 4.18. The maximum Gasteiger partial charge on any atom is 0.231 e. The quantitative estimate of drug-likeness (QED) is 0.611. The number of pyridine rings is 1. The van der Waals surface area contributed by atoms with Gasteiger partial charge in [0, 0.05) is 11.6 Å². The molecule has 4 rings (SSSR count). The van der Waals surface area contributed by atoms with Crippen molar-refractivity contribution in [1.82, 2.24) is 4.98 Å². The highest BCUT2D eigenvalue weighted by Gasteiger charge is 2.09. The van der Waals surface area contributed by atoms with Crippen LogP contribution < -0.4 is 9.47 Å². The molecular weight excluding hydrogens is 238 g/mol. The predicted octanol–water partition coefficient (Wildman–Crippen LogP) is 3.65. The predicted molar refractivity (Wildman–Crippen MR) is 74.3 cm³/mol. The van der Waals surface area contributed by atoms with E-state index in [0.29, 0.717) is 6.79 Å². The van der Waals surface area contributed by atoms with Crippen molar-refractivity contribution < 1.29 is 9.47 Å². The number of nitrogens with zero attached hydrogens (tertiary/aromatic N) is 1. The van der Waals surface area contributed by atoms with Gasteiger partial charge in [-0.3, -0.25) is 4.98 Å². The molecule has 0 aliphatic carbocycles. The van der Waals surface area contributed by atoms with Gasteiger partial charge in [-0.05, 0) is 24.3 Å². The van der Waals surface area contributed by atoms with Crippen molar-refractivity contribution >= 4 is 10.9 Å². The molecule has 0 unspecified atom stereocenters. The topological polar surface area (TPSA) is 31.4 Å². The Hall–Kier alpha value is -2.55. The van der Waals surface area contributed by atoms with Crippen LogP contribution in [-0.4, -0.2) is 11.8 Å². The third-order valence-corrected chi connectivity index (χ3v) is 2.79. The van der Waals surface area contributed by atoms with Crippen LogP contribution in [0, 0.1) is 0 Å². The summed E-state index contributed by atoms with van der Waals surface area (Å²) < 4.78 is 10.2. The molecule has 0 saturated heterocycles. The molecule has 0 bridgehead atoms. The summed E-state index contributed by atoms with van der Waals surface area (Å²) in [6, 6.07) is 19.7. The van der Waals surface area contributed by atoms with Crippen LogP contribution >= 0.6 is 0 Å². The standard InChI is InChI=1S/C9H7N.C7H6O2/c1-2-6-9-8(4-1)5-3-7-10-9;1-2-4-7-6(3-1)8-5-9-7/h1-7H;1-4H,5H2. The van der Waals surface area contributed by atoms with Crippen molar-refractivity contribution in [2.24, 2.45) is 0 Å². The summed E-state index contributed by atoms with van der Waals surface area (Å²) >= 11 is 0. The lowest BCUT2D eigenvalue weighted by Crippen LogP contribution is -1.92. The number of ether oxygens (including phenoxy) is 2. The van der Waals surface area contributed by atoms with E-state index in [2.05, 4.69) is 17.1 Å². The molecule has 0 fully saturated rings. The fraction of sp³-hybridized carbons (Fsp3) is 0.0625. The molecule has 2 heterocycles. The zero-order valence-corrected chi connectivity index (χ0v) is 10.3. The summed E-state index contributed by atoms with van der Waals surface area (Å²) in [5, 5.41) is 1.20. The second-order valence-electron chi connectivity index (χ2n) is 4.05. The minimum absolute atomic E-state index is 0.360. The SMILES string of the molecule is c1ccc2c(c1)OCO2.c1ccc2ncccc2c1. The van der Waals surface area contributed by atoms with Crippen LogP contribution in [0.1, 0.15) is 0 Å². The van der Waals surface area contributed by atoms with Gasteiger partial charge in [-0.1, -0.05) is 36.4 Å². The normalized spacial score (nSPS) is 11.8. The largest absolute Gasteiger partial charge is 0.454 e. The molecule has 1 aromatic heterocycles. The Labute approximate surface area is 111 Å². The molecule has 0 amide bonds. The molecular formula is C16H13NO2. The Bertz CT molecular complexity index is 594. The van der Waals surface area contributed by atoms with E-state index in [1.165, 1.54) is 5.39 Å². The Morgan fingerprint density at radius 3 is 2.11 bits per heavy atom. The molecule has 0 atom stereocenters. The molecule has 0 N–H and O–H groups in total. The third kappa shape index (κ3) is 2.65. The maximum atomic E-state index is 5.08. The first kappa shape index (κ1) is 11.5. The van der Waals surface area contributed by atoms with Crippen LogP contribution in [0.15, 0.2) is 66.9 Å². The van der Waals surface area contributed by atoms with Crippen molar-refractivity contribution in [3.8, 4) is 11.5 Å². The van der Waals surface area contributed by atoms with Crippen molar-refractivity contribution in [2.75, 3.05) is 6.79 Å².